The van der Waals surface area contributed by atoms with Crippen LogP contribution in [0.15, 0.2) is 75.9 Å². The van der Waals surface area contributed by atoms with Crippen LogP contribution in [0.25, 0.3) is 6.08 Å². The van der Waals surface area contributed by atoms with Crippen LogP contribution in [0.4, 0.5) is 5.69 Å². The number of anilines is 1. The van der Waals surface area contributed by atoms with Crippen LogP contribution in [-0.4, -0.2) is 36.2 Å². The third kappa shape index (κ3) is 5.02. The third-order valence-electron chi connectivity index (χ3n) is 4.01. The van der Waals surface area contributed by atoms with Crippen molar-refractivity contribution in [3.05, 3.63) is 66.5 Å². The van der Waals surface area contributed by atoms with Crippen molar-refractivity contribution in [2.24, 2.45) is 7.05 Å². The fourth-order valence-corrected chi connectivity index (χ4v) is 4.80. The molecule has 0 saturated carbocycles. The minimum atomic E-state index is -4.03. The second-order valence-electron chi connectivity index (χ2n) is 6.11. The first-order chi connectivity index (χ1) is 14.3. The molecule has 1 aromatic heterocycles. The van der Waals surface area contributed by atoms with Crippen LogP contribution in [0.5, 0.6) is 5.75 Å². The van der Waals surface area contributed by atoms with Crippen LogP contribution in [-0.2, 0) is 21.9 Å². The normalized spacial score (nSPS) is 11.5. The number of hydrogen-bond acceptors (Lipinski definition) is 6. The van der Waals surface area contributed by atoms with Gasteiger partial charge in [-0.05, 0) is 47.7 Å². The first kappa shape index (κ1) is 21.5. The Morgan fingerprint density at radius 1 is 1.27 bits per heavy atom. The van der Waals surface area contributed by atoms with Crippen LogP contribution in [0, 0.1) is 0 Å². The Morgan fingerprint density at radius 2 is 2.03 bits per heavy atom. The topological polar surface area (TPSA) is 111 Å². The molecule has 0 amide bonds. The summed E-state index contributed by atoms with van der Waals surface area (Å²) in [6, 6.07) is 11.4. The fourth-order valence-electron chi connectivity index (χ4n) is 2.56. The first-order valence-corrected chi connectivity index (χ1v) is 11.0. The highest BCUT2D eigenvalue weighted by atomic mass is 32.2. The Kier molecular flexibility index (Phi) is 6.48. The standard InChI is InChI=1S/C20H19N3O5S2/c1-23-12-11-21-20(23)29-17-6-4-3-5-15(17)22-30(26,27)18-13-14(8-10-19(24)25)7-9-16(18)28-2/h3-13,22H,1-2H3,(H,24,25)/b10-8+. The molecule has 0 unspecified atom stereocenters. The summed E-state index contributed by atoms with van der Waals surface area (Å²) >= 11 is 1.33. The zero-order valence-corrected chi connectivity index (χ0v) is 17.8. The molecule has 2 N–H and O–H groups in total. The van der Waals surface area contributed by atoms with E-state index in [9.17, 15) is 13.2 Å². The number of methoxy groups -OCH3 is 1. The van der Waals surface area contributed by atoms with E-state index >= 15 is 0 Å². The number of sulfonamides is 1. The highest BCUT2D eigenvalue weighted by Crippen LogP contribution is 2.34. The van der Waals surface area contributed by atoms with E-state index in [4.69, 9.17) is 9.84 Å². The van der Waals surface area contributed by atoms with Gasteiger partial charge in [-0.2, -0.15) is 0 Å². The second-order valence-corrected chi connectivity index (χ2v) is 8.77. The molecular weight excluding hydrogens is 426 g/mol. The van der Waals surface area contributed by atoms with E-state index < -0.39 is 16.0 Å². The van der Waals surface area contributed by atoms with Crippen LogP contribution >= 0.6 is 11.8 Å². The van der Waals surface area contributed by atoms with E-state index in [1.807, 2.05) is 11.6 Å². The summed E-state index contributed by atoms with van der Waals surface area (Å²) in [6.07, 6.45) is 5.71. The average molecular weight is 446 g/mol. The van der Waals surface area contributed by atoms with Gasteiger partial charge in [0.15, 0.2) is 5.16 Å². The number of nitrogens with one attached hydrogen (secondary N) is 1. The van der Waals surface area contributed by atoms with Gasteiger partial charge in [-0.25, -0.2) is 18.2 Å². The van der Waals surface area contributed by atoms with Gasteiger partial charge in [-0.1, -0.05) is 18.2 Å². The van der Waals surface area contributed by atoms with Crippen molar-refractivity contribution < 1.29 is 23.1 Å². The summed E-state index contributed by atoms with van der Waals surface area (Å²) in [5, 5.41) is 9.51. The summed E-state index contributed by atoms with van der Waals surface area (Å²) in [5.74, 6) is -0.988. The smallest absolute Gasteiger partial charge is 0.328 e. The van der Waals surface area contributed by atoms with E-state index in [1.165, 1.54) is 37.1 Å². The zero-order chi connectivity index (χ0) is 21.7. The van der Waals surface area contributed by atoms with Crippen molar-refractivity contribution in [1.82, 2.24) is 9.55 Å². The van der Waals surface area contributed by atoms with E-state index in [2.05, 4.69) is 9.71 Å². The van der Waals surface area contributed by atoms with Gasteiger partial charge in [-0.3, -0.25) is 4.72 Å². The van der Waals surface area contributed by atoms with Gasteiger partial charge >= 0.3 is 5.97 Å². The molecule has 2 aromatic carbocycles. The van der Waals surface area contributed by atoms with Crippen LogP contribution in [0.1, 0.15) is 5.56 Å². The number of nitrogens with zero attached hydrogens (tertiary/aromatic N) is 2. The number of aliphatic carboxylic acids is 1. The Balaban J connectivity index is 1.97. The number of hydrogen-bond donors (Lipinski definition) is 2. The molecule has 0 atom stereocenters. The van der Waals surface area contributed by atoms with Crippen LogP contribution in [0.3, 0.4) is 0 Å². The SMILES string of the molecule is COc1ccc(/C=C/C(=O)O)cc1S(=O)(=O)Nc1ccccc1Sc1nccn1C. The lowest BCUT2D eigenvalue weighted by Gasteiger charge is -2.14. The number of rotatable bonds is 8. The Hall–Kier alpha value is -3.24. The average Bonchev–Trinajstić information content (AvgIpc) is 3.12. The van der Waals surface area contributed by atoms with E-state index in [1.54, 1.807) is 42.7 Å². The first-order valence-electron chi connectivity index (χ1n) is 8.66. The quantitative estimate of drug-likeness (QED) is 0.511. The summed E-state index contributed by atoms with van der Waals surface area (Å²) in [5.41, 5.74) is 0.799. The molecule has 0 radical (unpaired) electrons. The third-order valence-corrected chi connectivity index (χ3v) is 6.54. The molecule has 30 heavy (non-hydrogen) atoms. The van der Waals surface area contributed by atoms with E-state index in [0.717, 1.165) is 6.08 Å². The maximum absolute atomic E-state index is 13.1. The van der Waals surface area contributed by atoms with Crippen molar-refractivity contribution in [2.75, 3.05) is 11.8 Å². The minimum Gasteiger partial charge on any atom is -0.495 e. The number of aromatic nitrogens is 2. The summed E-state index contributed by atoms with van der Waals surface area (Å²) < 4.78 is 35.9. The fraction of sp³-hybridized carbons (Fsp3) is 0.100. The van der Waals surface area contributed by atoms with Gasteiger partial charge in [0.1, 0.15) is 10.6 Å². The van der Waals surface area contributed by atoms with Gasteiger partial charge in [0.05, 0.1) is 12.8 Å². The van der Waals surface area contributed by atoms with Gasteiger partial charge in [0.25, 0.3) is 10.0 Å². The van der Waals surface area contributed by atoms with Gasteiger partial charge in [0.2, 0.25) is 0 Å². The summed E-state index contributed by atoms with van der Waals surface area (Å²) in [6.45, 7) is 0. The van der Waals surface area contributed by atoms with Crippen LogP contribution in [0.2, 0.25) is 0 Å². The maximum atomic E-state index is 13.1. The lowest BCUT2D eigenvalue weighted by Crippen LogP contribution is -2.15. The molecule has 0 aliphatic rings. The molecule has 3 rings (SSSR count). The monoisotopic (exact) mass is 445 g/mol. The van der Waals surface area contributed by atoms with Gasteiger partial charge in [0, 0.05) is 30.4 Å². The number of imidazole rings is 1. The number of carboxylic acids is 1. The molecule has 0 spiro atoms. The molecule has 0 fully saturated rings. The largest absolute Gasteiger partial charge is 0.495 e. The van der Waals surface area contributed by atoms with E-state index in [0.29, 0.717) is 21.3 Å². The van der Waals surface area contributed by atoms with Crippen molar-refractivity contribution in [1.29, 1.82) is 0 Å². The maximum Gasteiger partial charge on any atom is 0.328 e. The number of ether oxygens (including phenoxy) is 1. The number of para-hydroxylation sites is 1. The molecular formula is C20H19N3O5S2. The Morgan fingerprint density at radius 3 is 2.70 bits per heavy atom. The van der Waals surface area contributed by atoms with Crippen molar-refractivity contribution in [2.45, 2.75) is 14.9 Å². The molecule has 8 nitrogen and oxygen atoms in total. The van der Waals surface area contributed by atoms with Crippen molar-refractivity contribution in [3.63, 3.8) is 0 Å². The van der Waals surface area contributed by atoms with Gasteiger partial charge in [-0.15, -0.1) is 0 Å². The summed E-state index contributed by atoms with van der Waals surface area (Å²) in [7, 11) is -0.808. The van der Waals surface area contributed by atoms with Crippen LogP contribution < -0.4 is 9.46 Å². The molecule has 0 saturated heterocycles. The minimum absolute atomic E-state index is 0.102. The molecule has 1 heterocycles. The predicted octanol–water partition coefficient (Wildman–Crippen LogP) is 3.48. The molecule has 0 aliphatic carbocycles. The molecule has 156 valence electrons. The Labute approximate surface area is 178 Å². The highest BCUT2D eigenvalue weighted by molar-refractivity contribution is 7.99. The van der Waals surface area contributed by atoms with E-state index in [-0.39, 0.29) is 10.6 Å². The lowest BCUT2D eigenvalue weighted by atomic mass is 10.2. The van der Waals surface area contributed by atoms with Crippen molar-refractivity contribution in [3.8, 4) is 5.75 Å². The highest BCUT2D eigenvalue weighted by Gasteiger charge is 2.22. The molecule has 0 bridgehead atoms. The predicted molar refractivity (Wildman–Crippen MR) is 114 cm³/mol. The molecule has 3 aromatic rings. The number of benzene rings is 2. The molecule has 10 heteroatoms. The van der Waals surface area contributed by atoms with Gasteiger partial charge < -0.3 is 14.4 Å². The number of aryl methyl sites for hydroxylation is 1. The molecule has 0 aliphatic heterocycles. The second kappa shape index (κ2) is 9.06. The Bertz CT molecular complexity index is 1200. The lowest BCUT2D eigenvalue weighted by molar-refractivity contribution is -0.131. The summed E-state index contributed by atoms with van der Waals surface area (Å²) in [4.78, 5) is 15.6. The van der Waals surface area contributed by atoms with Crippen molar-refractivity contribution >= 4 is 39.5 Å². The zero-order valence-electron chi connectivity index (χ0n) is 16.1. The number of carbonyl (C=O) groups is 1. The number of carboxylic acid groups (broad SMARTS) is 1.